The molecule has 3 aromatic carbocycles. The second-order valence-electron chi connectivity index (χ2n) is 8.68. The minimum absolute atomic E-state index is 0.153. The molecule has 1 N–H and O–H groups in total. The number of thioether (sulfide) groups is 1. The summed E-state index contributed by atoms with van der Waals surface area (Å²) in [5.74, 6) is 0.0109. The highest BCUT2D eigenvalue weighted by Gasteiger charge is 2.28. The molecule has 5 nitrogen and oxygen atoms in total. The molecule has 34 heavy (non-hydrogen) atoms. The minimum atomic E-state index is -3.95. The Morgan fingerprint density at radius 2 is 1.56 bits per heavy atom. The molecule has 0 aliphatic carbocycles. The molecular formula is C27H32N2O3S2. The lowest BCUT2D eigenvalue weighted by atomic mass is 9.97. The quantitative estimate of drug-likeness (QED) is 0.359. The molecule has 0 aliphatic heterocycles. The molecule has 1 atom stereocenters. The van der Waals surface area contributed by atoms with Crippen molar-refractivity contribution in [2.24, 2.45) is 5.92 Å². The molecular weight excluding hydrogens is 464 g/mol. The van der Waals surface area contributed by atoms with E-state index in [4.69, 9.17) is 0 Å². The number of hydrogen-bond donors (Lipinski definition) is 1. The van der Waals surface area contributed by atoms with E-state index < -0.39 is 10.0 Å². The van der Waals surface area contributed by atoms with Gasteiger partial charge in [-0.3, -0.25) is 9.10 Å². The zero-order chi connectivity index (χ0) is 24.7. The van der Waals surface area contributed by atoms with Crippen molar-refractivity contribution in [1.82, 2.24) is 5.32 Å². The Morgan fingerprint density at radius 3 is 2.12 bits per heavy atom. The molecule has 3 rings (SSSR count). The number of carbonyl (C=O) groups excluding carboxylic acids is 1. The van der Waals surface area contributed by atoms with Crippen molar-refractivity contribution in [2.45, 2.75) is 43.0 Å². The zero-order valence-electron chi connectivity index (χ0n) is 20.1. The molecule has 0 bridgehead atoms. The van der Waals surface area contributed by atoms with Gasteiger partial charge < -0.3 is 5.32 Å². The molecule has 0 heterocycles. The molecule has 0 spiro atoms. The van der Waals surface area contributed by atoms with E-state index in [0.717, 1.165) is 22.4 Å². The smallest absolute Gasteiger partial charge is 0.264 e. The van der Waals surface area contributed by atoms with E-state index in [1.165, 1.54) is 4.31 Å². The van der Waals surface area contributed by atoms with Crippen LogP contribution in [0.5, 0.6) is 0 Å². The molecule has 3 aromatic rings. The number of anilines is 1. The van der Waals surface area contributed by atoms with Gasteiger partial charge in [-0.05, 0) is 67.5 Å². The van der Waals surface area contributed by atoms with Gasteiger partial charge in [0.05, 0.1) is 16.6 Å². The molecule has 0 aliphatic rings. The number of sulfonamides is 1. The lowest BCUT2D eigenvalue weighted by Gasteiger charge is -2.26. The standard InChI is InChI=1S/C27H32N2O3S2/c1-20(2)18-26(22-8-6-5-7-9-22)28-27(30)19-29(23-12-10-21(3)11-13-23)34(31,32)25-16-14-24(33-4)15-17-25/h5-17,20,26H,18-19H2,1-4H3,(H,28,30)/t26-/m0/s1. The number of hydrogen-bond acceptors (Lipinski definition) is 4. The van der Waals surface area contributed by atoms with Crippen LogP contribution in [0.1, 0.15) is 37.4 Å². The molecule has 0 aromatic heterocycles. The first kappa shape index (κ1) is 25.8. The maximum Gasteiger partial charge on any atom is 0.264 e. The minimum Gasteiger partial charge on any atom is -0.348 e. The summed E-state index contributed by atoms with van der Waals surface area (Å²) in [6, 6.07) is 23.5. The fourth-order valence-corrected chi connectivity index (χ4v) is 5.54. The fraction of sp³-hybridized carbons (Fsp3) is 0.296. The largest absolute Gasteiger partial charge is 0.348 e. The predicted molar refractivity (Wildman–Crippen MR) is 141 cm³/mol. The van der Waals surface area contributed by atoms with Crippen molar-refractivity contribution in [3.63, 3.8) is 0 Å². The summed E-state index contributed by atoms with van der Waals surface area (Å²) in [5, 5.41) is 3.07. The Morgan fingerprint density at radius 1 is 0.941 bits per heavy atom. The third kappa shape index (κ3) is 6.64. The van der Waals surface area contributed by atoms with Gasteiger partial charge in [-0.1, -0.05) is 61.9 Å². The van der Waals surface area contributed by atoms with E-state index in [9.17, 15) is 13.2 Å². The summed E-state index contributed by atoms with van der Waals surface area (Å²) in [4.78, 5) is 14.3. The zero-order valence-corrected chi connectivity index (χ0v) is 21.7. The molecule has 0 fully saturated rings. The predicted octanol–water partition coefficient (Wildman–Crippen LogP) is 5.82. The Balaban J connectivity index is 1.91. The van der Waals surface area contributed by atoms with Crippen molar-refractivity contribution in [2.75, 3.05) is 17.1 Å². The number of nitrogens with one attached hydrogen (secondary N) is 1. The average Bonchev–Trinajstić information content (AvgIpc) is 2.83. The van der Waals surface area contributed by atoms with Crippen molar-refractivity contribution < 1.29 is 13.2 Å². The fourth-order valence-electron chi connectivity index (χ4n) is 3.71. The first-order valence-electron chi connectivity index (χ1n) is 11.3. The first-order valence-corrected chi connectivity index (χ1v) is 13.9. The van der Waals surface area contributed by atoms with Gasteiger partial charge in [0.25, 0.3) is 10.0 Å². The third-order valence-electron chi connectivity index (χ3n) is 5.50. The molecule has 7 heteroatoms. The number of benzene rings is 3. The SMILES string of the molecule is CSc1ccc(S(=O)(=O)N(CC(=O)N[C@@H](CC(C)C)c2ccccc2)c2ccc(C)cc2)cc1. The van der Waals surface area contributed by atoms with E-state index in [1.807, 2.05) is 55.6 Å². The van der Waals surface area contributed by atoms with E-state index in [1.54, 1.807) is 48.2 Å². The molecule has 0 saturated heterocycles. The number of rotatable bonds is 10. The Labute approximate surface area is 207 Å². The van der Waals surface area contributed by atoms with Gasteiger partial charge in [0.15, 0.2) is 0 Å². The van der Waals surface area contributed by atoms with E-state index in [2.05, 4.69) is 19.2 Å². The Hall–Kier alpha value is -2.77. The molecule has 0 saturated carbocycles. The molecule has 1 amide bonds. The van der Waals surface area contributed by atoms with E-state index in [-0.39, 0.29) is 23.4 Å². The highest BCUT2D eigenvalue weighted by atomic mass is 32.2. The van der Waals surface area contributed by atoms with Crippen LogP contribution in [0.2, 0.25) is 0 Å². The van der Waals surface area contributed by atoms with Crippen molar-refractivity contribution in [3.05, 3.63) is 90.0 Å². The second kappa shape index (κ2) is 11.6. The lowest BCUT2D eigenvalue weighted by molar-refractivity contribution is -0.120. The monoisotopic (exact) mass is 496 g/mol. The highest BCUT2D eigenvalue weighted by Crippen LogP contribution is 2.26. The van der Waals surface area contributed by atoms with Crippen LogP contribution in [-0.2, 0) is 14.8 Å². The Kier molecular flexibility index (Phi) is 8.80. The van der Waals surface area contributed by atoms with Crippen LogP contribution >= 0.6 is 11.8 Å². The summed E-state index contributed by atoms with van der Waals surface area (Å²) >= 11 is 1.54. The normalized spacial score (nSPS) is 12.4. The molecule has 180 valence electrons. The third-order valence-corrected chi connectivity index (χ3v) is 8.03. The summed E-state index contributed by atoms with van der Waals surface area (Å²) in [7, 11) is -3.95. The van der Waals surface area contributed by atoms with Gasteiger partial charge in [-0.15, -0.1) is 11.8 Å². The number of amides is 1. The van der Waals surface area contributed by atoms with E-state index >= 15 is 0 Å². The lowest BCUT2D eigenvalue weighted by Crippen LogP contribution is -2.42. The summed E-state index contributed by atoms with van der Waals surface area (Å²) in [5.41, 5.74) is 2.47. The average molecular weight is 497 g/mol. The van der Waals surface area contributed by atoms with Crippen LogP contribution in [0.4, 0.5) is 5.69 Å². The second-order valence-corrected chi connectivity index (χ2v) is 11.4. The summed E-state index contributed by atoms with van der Waals surface area (Å²) < 4.78 is 28.4. The van der Waals surface area contributed by atoms with Crippen LogP contribution in [0, 0.1) is 12.8 Å². The van der Waals surface area contributed by atoms with Gasteiger partial charge >= 0.3 is 0 Å². The summed E-state index contributed by atoms with van der Waals surface area (Å²) in [6.45, 7) is 5.83. The van der Waals surface area contributed by atoms with Crippen molar-refractivity contribution in [1.29, 1.82) is 0 Å². The van der Waals surface area contributed by atoms with Crippen LogP contribution in [-0.4, -0.2) is 27.1 Å². The molecule has 0 radical (unpaired) electrons. The van der Waals surface area contributed by atoms with Crippen LogP contribution in [0.15, 0.2) is 88.7 Å². The van der Waals surface area contributed by atoms with Crippen LogP contribution < -0.4 is 9.62 Å². The first-order chi connectivity index (χ1) is 16.2. The van der Waals surface area contributed by atoms with Crippen molar-refractivity contribution >= 4 is 33.4 Å². The maximum atomic E-state index is 13.6. The number of aryl methyl sites for hydroxylation is 1. The van der Waals surface area contributed by atoms with Crippen LogP contribution in [0.25, 0.3) is 0 Å². The molecule has 0 unspecified atom stereocenters. The van der Waals surface area contributed by atoms with E-state index in [0.29, 0.717) is 11.6 Å². The van der Waals surface area contributed by atoms with Crippen LogP contribution in [0.3, 0.4) is 0 Å². The van der Waals surface area contributed by atoms with Gasteiger partial charge in [0, 0.05) is 4.90 Å². The van der Waals surface area contributed by atoms with Gasteiger partial charge in [-0.2, -0.15) is 0 Å². The van der Waals surface area contributed by atoms with Crippen molar-refractivity contribution in [3.8, 4) is 0 Å². The highest BCUT2D eigenvalue weighted by molar-refractivity contribution is 7.98. The Bertz CT molecular complexity index is 1180. The van der Waals surface area contributed by atoms with Gasteiger partial charge in [-0.25, -0.2) is 8.42 Å². The van der Waals surface area contributed by atoms with Gasteiger partial charge in [0.2, 0.25) is 5.91 Å². The number of carbonyl (C=O) groups is 1. The maximum absolute atomic E-state index is 13.6. The van der Waals surface area contributed by atoms with Gasteiger partial charge in [0.1, 0.15) is 6.54 Å². The summed E-state index contributed by atoms with van der Waals surface area (Å²) in [6.07, 6.45) is 2.69. The number of nitrogens with zero attached hydrogens (tertiary/aromatic N) is 1. The topological polar surface area (TPSA) is 66.5 Å².